The van der Waals surface area contributed by atoms with E-state index in [1.807, 2.05) is 26.0 Å². The van der Waals surface area contributed by atoms with Crippen molar-refractivity contribution in [3.8, 4) is 0 Å². The van der Waals surface area contributed by atoms with Crippen LogP contribution < -0.4 is 5.32 Å². The zero-order chi connectivity index (χ0) is 16.1. The van der Waals surface area contributed by atoms with Crippen molar-refractivity contribution in [2.75, 3.05) is 7.05 Å². The van der Waals surface area contributed by atoms with Gasteiger partial charge in [-0.2, -0.15) is 0 Å². The lowest BCUT2D eigenvalue weighted by Crippen LogP contribution is -2.42. The summed E-state index contributed by atoms with van der Waals surface area (Å²) in [6.07, 6.45) is 3.40. The molecule has 0 fully saturated rings. The maximum absolute atomic E-state index is 13.2. The van der Waals surface area contributed by atoms with Crippen molar-refractivity contribution < 1.29 is 9.18 Å². The van der Waals surface area contributed by atoms with Gasteiger partial charge in [0.05, 0.1) is 6.04 Å². The van der Waals surface area contributed by atoms with E-state index in [1.165, 1.54) is 12.1 Å². The van der Waals surface area contributed by atoms with E-state index in [0.717, 1.165) is 11.1 Å². The predicted octanol–water partition coefficient (Wildman–Crippen LogP) is 3.36. The molecule has 2 rings (SSSR count). The second-order valence-electron chi connectivity index (χ2n) is 5.46. The van der Waals surface area contributed by atoms with E-state index in [1.54, 1.807) is 36.5 Å². The molecule has 5 heteroatoms. The Morgan fingerprint density at radius 3 is 2.41 bits per heavy atom. The molecular weight excluding hydrogens is 281 g/mol. The Labute approximate surface area is 130 Å². The molecule has 116 valence electrons. The number of carbonyl (C=O) groups is 1. The van der Waals surface area contributed by atoms with Crippen LogP contribution in [0.1, 0.15) is 31.0 Å². The van der Waals surface area contributed by atoms with Crippen molar-refractivity contribution in [1.82, 2.24) is 15.2 Å². The molecule has 2 aromatic rings. The standard InChI is InChI=1S/C17H20FN3O/c1-12(2)20-17(22)21(3)16(14-5-4-10-19-11-14)13-6-8-15(18)9-7-13/h4-12,16H,1-3H3,(H,20,22)/t16-/m0/s1. The van der Waals surface area contributed by atoms with Gasteiger partial charge in [0, 0.05) is 25.5 Å². The SMILES string of the molecule is CC(C)NC(=O)N(C)[C@@H](c1ccc(F)cc1)c1cccnc1. The summed E-state index contributed by atoms with van der Waals surface area (Å²) in [5.74, 6) is -0.303. The number of hydrogen-bond acceptors (Lipinski definition) is 2. The van der Waals surface area contributed by atoms with Gasteiger partial charge in [0.15, 0.2) is 0 Å². The lowest BCUT2D eigenvalue weighted by molar-refractivity contribution is 0.195. The molecule has 2 amide bonds. The zero-order valence-electron chi connectivity index (χ0n) is 13.0. The first kappa shape index (κ1) is 15.9. The highest BCUT2D eigenvalue weighted by Crippen LogP contribution is 2.27. The average molecular weight is 301 g/mol. The summed E-state index contributed by atoms with van der Waals surface area (Å²) in [7, 11) is 1.72. The van der Waals surface area contributed by atoms with Gasteiger partial charge >= 0.3 is 6.03 Å². The Bertz CT molecular complexity index is 614. The van der Waals surface area contributed by atoms with E-state index in [2.05, 4.69) is 10.3 Å². The van der Waals surface area contributed by atoms with Crippen molar-refractivity contribution >= 4 is 6.03 Å². The number of aromatic nitrogens is 1. The molecule has 0 saturated heterocycles. The average Bonchev–Trinajstić information content (AvgIpc) is 2.50. The summed E-state index contributed by atoms with van der Waals surface area (Å²) in [6, 6.07) is 9.41. The third-order valence-electron chi connectivity index (χ3n) is 3.31. The van der Waals surface area contributed by atoms with Crippen molar-refractivity contribution in [1.29, 1.82) is 0 Å². The highest BCUT2D eigenvalue weighted by Gasteiger charge is 2.24. The molecule has 1 atom stereocenters. The van der Waals surface area contributed by atoms with Gasteiger partial charge < -0.3 is 10.2 Å². The number of hydrogen-bond donors (Lipinski definition) is 1. The summed E-state index contributed by atoms with van der Waals surface area (Å²) in [4.78, 5) is 18.0. The van der Waals surface area contributed by atoms with Crippen LogP contribution in [0.15, 0.2) is 48.8 Å². The molecule has 0 bridgehead atoms. The predicted molar refractivity (Wildman–Crippen MR) is 83.9 cm³/mol. The van der Waals surface area contributed by atoms with E-state index in [-0.39, 0.29) is 23.9 Å². The first-order chi connectivity index (χ1) is 10.5. The molecular formula is C17H20FN3O. The first-order valence-electron chi connectivity index (χ1n) is 7.17. The van der Waals surface area contributed by atoms with Gasteiger partial charge in [-0.05, 0) is 43.2 Å². The van der Waals surface area contributed by atoms with Gasteiger partial charge in [0.1, 0.15) is 5.82 Å². The minimum Gasteiger partial charge on any atom is -0.336 e. The molecule has 0 radical (unpaired) electrons. The molecule has 1 aromatic heterocycles. The molecule has 0 spiro atoms. The van der Waals surface area contributed by atoms with E-state index in [4.69, 9.17) is 0 Å². The molecule has 1 N–H and O–H groups in total. The number of benzene rings is 1. The number of nitrogens with one attached hydrogen (secondary N) is 1. The second-order valence-corrected chi connectivity index (χ2v) is 5.46. The van der Waals surface area contributed by atoms with Crippen LogP contribution in [0.4, 0.5) is 9.18 Å². The molecule has 0 aliphatic heterocycles. The van der Waals surface area contributed by atoms with E-state index in [9.17, 15) is 9.18 Å². The molecule has 1 aromatic carbocycles. The molecule has 0 unspecified atom stereocenters. The number of nitrogens with zero attached hydrogens (tertiary/aromatic N) is 2. The van der Waals surface area contributed by atoms with Crippen LogP contribution in [-0.4, -0.2) is 29.0 Å². The van der Waals surface area contributed by atoms with Crippen LogP contribution >= 0.6 is 0 Å². The van der Waals surface area contributed by atoms with Crippen molar-refractivity contribution in [3.63, 3.8) is 0 Å². The van der Waals surface area contributed by atoms with Crippen LogP contribution in [0.3, 0.4) is 0 Å². The van der Waals surface area contributed by atoms with Crippen LogP contribution in [-0.2, 0) is 0 Å². The highest BCUT2D eigenvalue weighted by molar-refractivity contribution is 5.75. The number of urea groups is 1. The number of carbonyl (C=O) groups excluding carboxylic acids is 1. The summed E-state index contributed by atoms with van der Waals surface area (Å²) >= 11 is 0. The van der Waals surface area contributed by atoms with Crippen molar-refractivity contribution in [2.45, 2.75) is 25.9 Å². The molecule has 22 heavy (non-hydrogen) atoms. The number of amides is 2. The molecule has 4 nitrogen and oxygen atoms in total. The Balaban J connectivity index is 2.37. The van der Waals surface area contributed by atoms with Gasteiger partial charge in [-0.15, -0.1) is 0 Å². The molecule has 0 aliphatic carbocycles. The third-order valence-corrected chi connectivity index (χ3v) is 3.31. The Hall–Kier alpha value is -2.43. The summed E-state index contributed by atoms with van der Waals surface area (Å²) < 4.78 is 13.2. The Morgan fingerprint density at radius 2 is 1.86 bits per heavy atom. The summed E-state index contributed by atoms with van der Waals surface area (Å²) in [5.41, 5.74) is 1.70. The normalized spacial score (nSPS) is 12.0. The van der Waals surface area contributed by atoms with Crippen molar-refractivity contribution in [2.24, 2.45) is 0 Å². The van der Waals surface area contributed by atoms with Gasteiger partial charge in [0.2, 0.25) is 0 Å². The van der Waals surface area contributed by atoms with E-state index >= 15 is 0 Å². The Kier molecular flexibility index (Phi) is 5.09. The van der Waals surface area contributed by atoms with E-state index < -0.39 is 0 Å². The minimum atomic E-state index is -0.326. The van der Waals surface area contributed by atoms with Gasteiger partial charge in [0.25, 0.3) is 0 Å². The van der Waals surface area contributed by atoms with Crippen molar-refractivity contribution in [3.05, 3.63) is 65.7 Å². The Morgan fingerprint density at radius 1 is 1.18 bits per heavy atom. The topological polar surface area (TPSA) is 45.2 Å². The summed E-state index contributed by atoms with van der Waals surface area (Å²) in [6.45, 7) is 3.81. The smallest absolute Gasteiger partial charge is 0.318 e. The van der Waals surface area contributed by atoms with Gasteiger partial charge in [-0.3, -0.25) is 4.98 Å². The fourth-order valence-corrected chi connectivity index (χ4v) is 2.29. The lowest BCUT2D eigenvalue weighted by atomic mass is 9.99. The quantitative estimate of drug-likeness (QED) is 0.941. The van der Waals surface area contributed by atoms with Crippen LogP contribution in [0.2, 0.25) is 0 Å². The largest absolute Gasteiger partial charge is 0.336 e. The second kappa shape index (κ2) is 7.02. The highest BCUT2D eigenvalue weighted by atomic mass is 19.1. The monoisotopic (exact) mass is 301 g/mol. The maximum Gasteiger partial charge on any atom is 0.318 e. The minimum absolute atomic E-state index is 0.0396. The van der Waals surface area contributed by atoms with Gasteiger partial charge in [-0.1, -0.05) is 18.2 Å². The summed E-state index contributed by atoms with van der Waals surface area (Å²) in [5, 5.41) is 2.87. The fraction of sp³-hybridized carbons (Fsp3) is 0.294. The molecule has 0 saturated carbocycles. The van der Waals surface area contributed by atoms with E-state index in [0.29, 0.717) is 0 Å². The number of rotatable bonds is 4. The number of pyridine rings is 1. The van der Waals surface area contributed by atoms with Crippen LogP contribution in [0.5, 0.6) is 0 Å². The third kappa shape index (κ3) is 3.81. The fourth-order valence-electron chi connectivity index (χ4n) is 2.29. The van der Waals surface area contributed by atoms with Gasteiger partial charge in [-0.25, -0.2) is 9.18 Å². The van der Waals surface area contributed by atoms with Crippen LogP contribution in [0.25, 0.3) is 0 Å². The first-order valence-corrected chi connectivity index (χ1v) is 7.17. The maximum atomic E-state index is 13.2. The molecule has 0 aliphatic rings. The lowest BCUT2D eigenvalue weighted by Gasteiger charge is -2.29. The van der Waals surface area contributed by atoms with Crippen LogP contribution in [0, 0.1) is 5.82 Å². The number of halogens is 1. The molecule has 1 heterocycles. The zero-order valence-corrected chi connectivity index (χ0v) is 13.0.